The number of aromatic nitrogens is 4. The Hall–Kier alpha value is -2.62. The molecule has 120 valence electrons. The van der Waals surface area contributed by atoms with E-state index >= 15 is 0 Å². The van der Waals surface area contributed by atoms with E-state index in [-0.39, 0.29) is 0 Å². The van der Waals surface area contributed by atoms with E-state index in [0.717, 1.165) is 35.6 Å². The second kappa shape index (κ2) is 6.87. The molecule has 0 bridgehead atoms. The number of nitrogens with zero attached hydrogens (tertiary/aromatic N) is 4. The quantitative estimate of drug-likeness (QED) is 0.709. The van der Waals surface area contributed by atoms with Crippen LogP contribution in [-0.4, -0.2) is 20.2 Å². The zero-order valence-electron chi connectivity index (χ0n) is 13.7. The molecule has 0 fully saturated rings. The average molecular weight is 316 g/mol. The molecule has 1 aliphatic carbocycles. The highest BCUT2D eigenvalue weighted by molar-refractivity contribution is 5.68. The molecule has 4 heteroatoms. The summed E-state index contributed by atoms with van der Waals surface area (Å²) in [5.41, 5.74) is 6.32. The average Bonchev–Trinajstić information content (AvgIpc) is 2.63. The van der Waals surface area contributed by atoms with Crippen LogP contribution in [0, 0.1) is 0 Å². The van der Waals surface area contributed by atoms with Gasteiger partial charge in [-0.05, 0) is 61.1 Å². The first-order chi connectivity index (χ1) is 11.9. The Kier molecular flexibility index (Phi) is 4.28. The van der Waals surface area contributed by atoms with E-state index in [1.165, 1.54) is 36.8 Å². The normalized spacial score (nSPS) is 14.5. The second-order valence-electron chi connectivity index (χ2n) is 6.20. The van der Waals surface area contributed by atoms with Crippen molar-refractivity contribution in [2.75, 3.05) is 0 Å². The van der Waals surface area contributed by atoms with Crippen LogP contribution in [0.15, 0.2) is 48.8 Å². The van der Waals surface area contributed by atoms with Crippen molar-refractivity contribution in [1.82, 2.24) is 20.2 Å². The maximum Gasteiger partial charge on any atom is 0.115 e. The van der Waals surface area contributed by atoms with Crippen LogP contribution in [-0.2, 0) is 12.8 Å². The van der Waals surface area contributed by atoms with Crippen molar-refractivity contribution in [2.45, 2.75) is 38.5 Å². The zero-order chi connectivity index (χ0) is 16.2. The lowest BCUT2D eigenvalue weighted by atomic mass is 9.90. The van der Waals surface area contributed by atoms with Crippen LogP contribution < -0.4 is 0 Å². The van der Waals surface area contributed by atoms with E-state index < -0.39 is 0 Å². The van der Waals surface area contributed by atoms with Gasteiger partial charge in [0.05, 0.1) is 11.4 Å². The molecule has 4 rings (SSSR count). The van der Waals surface area contributed by atoms with Gasteiger partial charge in [0, 0.05) is 12.4 Å². The third-order valence-electron chi connectivity index (χ3n) is 4.60. The Labute approximate surface area is 142 Å². The standard InChI is InChI=1S/C20H20N4/c1-2-4-10-16-15(9-3-1)19(17-11-5-7-13-21-17)23-24-20(16)18-12-6-8-14-22-18/h5-8,11-14H,1-4,9-10H2. The van der Waals surface area contributed by atoms with Crippen molar-refractivity contribution in [3.05, 3.63) is 59.9 Å². The molecular formula is C20H20N4. The van der Waals surface area contributed by atoms with Gasteiger partial charge in [-0.25, -0.2) is 0 Å². The molecule has 0 radical (unpaired) electrons. The summed E-state index contributed by atoms with van der Waals surface area (Å²) in [6, 6.07) is 11.9. The van der Waals surface area contributed by atoms with Gasteiger partial charge in [-0.3, -0.25) is 9.97 Å². The summed E-state index contributed by atoms with van der Waals surface area (Å²) in [5.74, 6) is 0. The number of hydrogen-bond donors (Lipinski definition) is 0. The molecule has 1 aliphatic rings. The predicted octanol–water partition coefficient (Wildman–Crippen LogP) is 4.26. The highest BCUT2D eigenvalue weighted by atomic mass is 15.1. The highest BCUT2D eigenvalue weighted by Crippen LogP contribution is 2.32. The van der Waals surface area contributed by atoms with Crippen LogP contribution in [0.2, 0.25) is 0 Å². The maximum atomic E-state index is 4.56. The number of pyridine rings is 2. The SMILES string of the molecule is c1ccc(-c2nnc(-c3ccccn3)c3c2CCCCCC3)nc1. The Morgan fingerprint density at radius 3 is 1.50 bits per heavy atom. The fraction of sp³-hybridized carbons (Fsp3) is 0.300. The zero-order valence-corrected chi connectivity index (χ0v) is 13.7. The molecule has 0 N–H and O–H groups in total. The van der Waals surface area contributed by atoms with Gasteiger partial charge in [0.2, 0.25) is 0 Å². The highest BCUT2D eigenvalue weighted by Gasteiger charge is 2.20. The predicted molar refractivity (Wildman–Crippen MR) is 94.4 cm³/mol. The lowest BCUT2D eigenvalue weighted by molar-refractivity contribution is 0.614. The van der Waals surface area contributed by atoms with Gasteiger partial charge in [-0.15, -0.1) is 10.2 Å². The van der Waals surface area contributed by atoms with Crippen molar-refractivity contribution in [3.63, 3.8) is 0 Å². The minimum absolute atomic E-state index is 0.911. The minimum atomic E-state index is 0.911. The van der Waals surface area contributed by atoms with Crippen molar-refractivity contribution in [1.29, 1.82) is 0 Å². The maximum absolute atomic E-state index is 4.56. The molecule has 3 aromatic rings. The molecule has 0 aromatic carbocycles. The largest absolute Gasteiger partial charge is 0.255 e. The summed E-state index contributed by atoms with van der Waals surface area (Å²) < 4.78 is 0. The van der Waals surface area contributed by atoms with E-state index in [4.69, 9.17) is 0 Å². The van der Waals surface area contributed by atoms with Crippen LogP contribution in [0.1, 0.15) is 36.8 Å². The summed E-state index contributed by atoms with van der Waals surface area (Å²) in [6.45, 7) is 0. The van der Waals surface area contributed by atoms with E-state index in [1.807, 2.05) is 48.8 Å². The van der Waals surface area contributed by atoms with Crippen molar-refractivity contribution >= 4 is 0 Å². The molecule has 3 heterocycles. The minimum Gasteiger partial charge on any atom is -0.255 e. The van der Waals surface area contributed by atoms with E-state index in [1.54, 1.807) is 0 Å². The molecule has 0 saturated heterocycles. The van der Waals surface area contributed by atoms with Crippen molar-refractivity contribution < 1.29 is 0 Å². The van der Waals surface area contributed by atoms with E-state index in [9.17, 15) is 0 Å². The topological polar surface area (TPSA) is 51.6 Å². The fourth-order valence-corrected chi connectivity index (χ4v) is 3.42. The third kappa shape index (κ3) is 2.92. The Balaban J connectivity index is 1.90. The molecule has 0 atom stereocenters. The van der Waals surface area contributed by atoms with Gasteiger partial charge in [-0.2, -0.15) is 0 Å². The molecule has 0 aliphatic heterocycles. The summed E-state index contributed by atoms with van der Waals surface area (Å²) in [6.07, 6.45) is 10.7. The van der Waals surface area contributed by atoms with Crippen LogP contribution >= 0.6 is 0 Å². The van der Waals surface area contributed by atoms with Crippen LogP contribution in [0.25, 0.3) is 22.8 Å². The molecule has 0 saturated carbocycles. The first-order valence-corrected chi connectivity index (χ1v) is 8.65. The number of rotatable bonds is 2. The van der Waals surface area contributed by atoms with Crippen LogP contribution in [0.3, 0.4) is 0 Å². The Morgan fingerprint density at radius 2 is 1.08 bits per heavy atom. The monoisotopic (exact) mass is 316 g/mol. The lowest BCUT2D eigenvalue weighted by Crippen LogP contribution is -2.09. The van der Waals surface area contributed by atoms with Crippen LogP contribution in [0.4, 0.5) is 0 Å². The van der Waals surface area contributed by atoms with Gasteiger partial charge in [0.1, 0.15) is 11.4 Å². The first-order valence-electron chi connectivity index (χ1n) is 8.65. The van der Waals surface area contributed by atoms with Crippen LogP contribution in [0.5, 0.6) is 0 Å². The summed E-state index contributed by atoms with van der Waals surface area (Å²) >= 11 is 0. The number of fused-ring (bicyclic) bond motifs is 1. The lowest BCUT2D eigenvalue weighted by Gasteiger charge is -2.19. The van der Waals surface area contributed by atoms with Gasteiger partial charge in [0.15, 0.2) is 0 Å². The smallest absolute Gasteiger partial charge is 0.115 e. The van der Waals surface area contributed by atoms with Gasteiger partial charge in [-0.1, -0.05) is 25.0 Å². The first kappa shape index (κ1) is 14.9. The summed E-state index contributed by atoms with van der Waals surface area (Å²) in [4.78, 5) is 8.99. The van der Waals surface area contributed by atoms with Crippen molar-refractivity contribution in [3.8, 4) is 22.8 Å². The summed E-state index contributed by atoms with van der Waals surface area (Å²) in [5, 5.41) is 9.12. The fourth-order valence-electron chi connectivity index (χ4n) is 3.42. The molecule has 0 amide bonds. The van der Waals surface area contributed by atoms with Gasteiger partial charge < -0.3 is 0 Å². The molecule has 4 nitrogen and oxygen atoms in total. The Morgan fingerprint density at radius 1 is 0.583 bits per heavy atom. The van der Waals surface area contributed by atoms with Crippen molar-refractivity contribution in [2.24, 2.45) is 0 Å². The number of hydrogen-bond acceptors (Lipinski definition) is 4. The van der Waals surface area contributed by atoms with E-state index in [0.29, 0.717) is 0 Å². The van der Waals surface area contributed by atoms with Gasteiger partial charge >= 0.3 is 0 Å². The molecule has 3 aromatic heterocycles. The molecular weight excluding hydrogens is 296 g/mol. The third-order valence-corrected chi connectivity index (χ3v) is 4.60. The van der Waals surface area contributed by atoms with E-state index in [2.05, 4.69) is 20.2 Å². The second-order valence-corrected chi connectivity index (χ2v) is 6.20. The van der Waals surface area contributed by atoms with Gasteiger partial charge in [0.25, 0.3) is 0 Å². The molecule has 24 heavy (non-hydrogen) atoms. The Bertz CT molecular complexity index is 745. The molecule has 0 unspecified atom stereocenters. The summed E-state index contributed by atoms with van der Waals surface area (Å²) in [7, 11) is 0. The molecule has 0 spiro atoms.